The second-order valence-corrected chi connectivity index (χ2v) is 11.9. The Morgan fingerprint density at radius 1 is 0.868 bits per heavy atom. The van der Waals surface area contributed by atoms with Gasteiger partial charge in [-0.05, 0) is 87.2 Å². The third kappa shape index (κ3) is 4.83. The maximum atomic E-state index is 14.0. The van der Waals surface area contributed by atoms with Gasteiger partial charge < -0.3 is 14.7 Å². The Hall–Kier alpha value is -2.54. The highest BCUT2D eigenvalue weighted by molar-refractivity contribution is 5.84. The number of carbonyl (C=O) groups is 1. The molecule has 0 N–H and O–H groups in total. The van der Waals surface area contributed by atoms with Crippen LogP contribution in [0, 0.1) is 11.3 Å². The molecular formula is C31H38F3N3O. The number of rotatable bonds is 4. The van der Waals surface area contributed by atoms with Crippen LogP contribution in [0.5, 0.6) is 0 Å². The lowest BCUT2D eigenvalue weighted by Gasteiger charge is -2.41. The number of nitrogens with zero attached hydrogens (tertiary/aromatic N) is 3. The molecule has 2 heterocycles. The highest BCUT2D eigenvalue weighted by Gasteiger charge is 2.57. The molecule has 4 nitrogen and oxygen atoms in total. The van der Waals surface area contributed by atoms with E-state index in [4.69, 9.17) is 0 Å². The number of amides is 1. The number of piperazine rings is 1. The minimum Gasteiger partial charge on any atom is -0.368 e. The Morgan fingerprint density at radius 2 is 1.61 bits per heavy atom. The summed E-state index contributed by atoms with van der Waals surface area (Å²) in [7, 11) is 0. The van der Waals surface area contributed by atoms with Gasteiger partial charge in [0.05, 0.1) is 11.0 Å². The summed E-state index contributed by atoms with van der Waals surface area (Å²) in [6, 6.07) is 16.9. The lowest BCUT2D eigenvalue weighted by atomic mass is 9.78. The van der Waals surface area contributed by atoms with Crippen molar-refractivity contribution in [2.75, 3.05) is 44.2 Å². The molecule has 3 atom stereocenters. The Bertz CT molecular complexity index is 1120. The smallest absolute Gasteiger partial charge is 0.368 e. The van der Waals surface area contributed by atoms with Crippen LogP contribution in [0.2, 0.25) is 0 Å². The standard InChI is InChI=1S/C31H38F3N3O/c32-31(33,34)26-8-4-10-27(21-26)36-16-18-37(19-17-36)29(38)30-13-5-9-25(30)20-28(22-30)35-14-11-24(12-15-35)23-6-2-1-3-7-23/h1-4,6-8,10,21,24-25,28H,5,9,11-20,22H2. The van der Waals surface area contributed by atoms with Gasteiger partial charge in [-0.3, -0.25) is 4.79 Å². The quantitative estimate of drug-likeness (QED) is 0.477. The second-order valence-electron chi connectivity index (χ2n) is 11.9. The molecule has 6 rings (SSSR count). The average molecular weight is 526 g/mol. The maximum absolute atomic E-state index is 14.0. The number of anilines is 1. The molecule has 2 saturated carbocycles. The zero-order valence-corrected chi connectivity index (χ0v) is 22.0. The summed E-state index contributed by atoms with van der Waals surface area (Å²) in [4.78, 5) is 20.7. The number of fused-ring (bicyclic) bond motifs is 1. The van der Waals surface area contributed by atoms with E-state index >= 15 is 0 Å². The van der Waals surface area contributed by atoms with Crippen molar-refractivity contribution in [3.05, 3.63) is 65.7 Å². The molecule has 0 spiro atoms. The fraction of sp³-hybridized carbons (Fsp3) is 0.581. The van der Waals surface area contributed by atoms with Crippen LogP contribution in [0.25, 0.3) is 0 Å². The van der Waals surface area contributed by atoms with Crippen LogP contribution in [0.4, 0.5) is 18.9 Å². The molecule has 4 aliphatic rings. The third-order valence-corrected chi connectivity index (χ3v) is 9.96. The van der Waals surface area contributed by atoms with Crippen molar-refractivity contribution in [3.8, 4) is 0 Å². The lowest BCUT2D eigenvalue weighted by Crippen LogP contribution is -2.53. The van der Waals surface area contributed by atoms with Gasteiger partial charge >= 0.3 is 6.18 Å². The summed E-state index contributed by atoms with van der Waals surface area (Å²) in [5.74, 6) is 1.41. The molecule has 2 aliphatic carbocycles. The van der Waals surface area contributed by atoms with Crippen molar-refractivity contribution in [2.45, 2.75) is 63.1 Å². The van der Waals surface area contributed by atoms with Crippen molar-refractivity contribution in [1.82, 2.24) is 9.80 Å². The van der Waals surface area contributed by atoms with E-state index in [0.29, 0.717) is 55.7 Å². The van der Waals surface area contributed by atoms with Gasteiger partial charge in [0.15, 0.2) is 0 Å². The van der Waals surface area contributed by atoms with E-state index in [1.165, 1.54) is 30.5 Å². The molecule has 7 heteroatoms. The van der Waals surface area contributed by atoms with Gasteiger partial charge in [0.2, 0.25) is 5.91 Å². The van der Waals surface area contributed by atoms with Gasteiger partial charge in [-0.2, -0.15) is 13.2 Å². The molecule has 4 fully saturated rings. The molecule has 0 radical (unpaired) electrons. The molecule has 2 aromatic carbocycles. The van der Waals surface area contributed by atoms with E-state index in [-0.39, 0.29) is 5.41 Å². The van der Waals surface area contributed by atoms with Crippen LogP contribution in [-0.2, 0) is 11.0 Å². The van der Waals surface area contributed by atoms with E-state index < -0.39 is 11.7 Å². The Kier molecular flexibility index (Phi) is 6.91. The largest absolute Gasteiger partial charge is 0.416 e. The Morgan fingerprint density at radius 3 is 2.32 bits per heavy atom. The van der Waals surface area contributed by atoms with Crippen molar-refractivity contribution in [1.29, 1.82) is 0 Å². The number of benzene rings is 2. The Balaban J connectivity index is 1.07. The van der Waals surface area contributed by atoms with Crippen LogP contribution in [0.3, 0.4) is 0 Å². The summed E-state index contributed by atoms with van der Waals surface area (Å²) in [6.07, 6.45) is 3.39. The van der Waals surface area contributed by atoms with Gasteiger partial charge in [-0.25, -0.2) is 0 Å². The molecule has 3 unspecified atom stereocenters. The van der Waals surface area contributed by atoms with E-state index in [9.17, 15) is 18.0 Å². The average Bonchev–Trinajstić information content (AvgIpc) is 3.52. The van der Waals surface area contributed by atoms with Gasteiger partial charge in [-0.1, -0.05) is 42.8 Å². The fourth-order valence-electron chi connectivity index (χ4n) is 7.92. The van der Waals surface area contributed by atoms with Crippen molar-refractivity contribution in [3.63, 3.8) is 0 Å². The first kappa shape index (κ1) is 25.7. The van der Waals surface area contributed by atoms with Crippen LogP contribution in [0.1, 0.15) is 62.0 Å². The summed E-state index contributed by atoms with van der Waals surface area (Å²) in [5, 5.41) is 0. The predicted molar refractivity (Wildman–Crippen MR) is 143 cm³/mol. The fourth-order valence-corrected chi connectivity index (χ4v) is 7.92. The van der Waals surface area contributed by atoms with Crippen molar-refractivity contribution >= 4 is 11.6 Å². The number of hydrogen-bond acceptors (Lipinski definition) is 3. The molecular weight excluding hydrogens is 487 g/mol. The minimum atomic E-state index is -4.35. The highest BCUT2D eigenvalue weighted by Crippen LogP contribution is 2.56. The first-order valence-corrected chi connectivity index (χ1v) is 14.3. The van der Waals surface area contributed by atoms with Gasteiger partial charge in [-0.15, -0.1) is 0 Å². The summed E-state index contributed by atoms with van der Waals surface area (Å²) in [5.41, 5.74) is 1.18. The number of carbonyl (C=O) groups excluding carboxylic acids is 1. The highest BCUT2D eigenvalue weighted by atomic mass is 19.4. The van der Waals surface area contributed by atoms with E-state index in [0.717, 1.165) is 51.3 Å². The number of piperidine rings is 1. The van der Waals surface area contributed by atoms with Crippen LogP contribution < -0.4 is 4.90 Å². The summed E-state index contributed by atoms with van der Waals surface area (Å²) < 4.78 is 39.6. The van der Waals surface area contributed by atoms with Gasteiger partial charge in [0, 0.05) is 37.9 Å². The van der Waals surface area contributed by atoms with Crippen LogP contribution >= 0.6 is 0 Å². The predicted octanol–water partition coefficient (Wildman–Crippen LogP) is 6.18. The number of hydrogen-bond donors (Lipinski definition) is 0. The molecule has 0 aromatic heterocycles. The normalized spacial score (nSPS) is 29.0. The van der Waals surface area contributed by atoms with E-state index in [1.807, 2.05) is 9.80 Å². The summed E-state index contributed by atoms with van der Waals surface area (Å²) in [6.45, 7) is 4.52. The summed E-state index contributed by atoms with van der Waals surface area (Å²) >= 11 is 0. The topological polar surface area (TPSA) is 26.8 Å². The molecule has 2 aliphatic heterocycles. The first-order valence-electron chi connectivity index (χ1n) is 14.3. The zero-order valence-electron chi connectivity index (χ0n) is 22.0. The molecule has 0 bridgehead atoms. The number of likely N-dealkylation sites (tertiary alicyclic amines) is 1. The molecule has 2 saturated heterocycles. The first-order chi connectivity index (χ1) is 18.3. The monoisotopic (exact) mass is 525 g/mol. The molecule has 204 valence electrons. The molecule has 2 aromatic rings. The van der Waals surface area contributed by atoms with Crippen LogP contribution in [0.15, 0.2) is 54.6 Å². The second kappa shape index (κ2) is 10.2. The molecule has 38 heavy (non-hydrogen) atoms. The zero-order chi connectivity index (χ0) is 26.3. The minimum absolute atomic E-state index is 0.237. The SMILES string of the molecule is O=C(N1CCN(c2cccc(C(F)(F)F)c2)CC1)C12CCCC1CC(N1CCC(c3ccccc3)CC1)C2. The number of halogens is 3. The maximum Gasteiger partial charge on any atom is 0.416 e. The lowest BCUT2D eigenvalue weighted by molar-refractivity contribution is -0.144. The van der Waals surface area contributed by atoms with E-state index in [1.54, 1.807) is 6.07 Å². The molecule has 1 amide bonds. The van der Waals surface area contributed by atoms with Gasteiger partial charge in [0.25, 0.3) is 0 Å². The van der Waals surface area contributed by atoms with Crippen LogP contribution in [-0.4, -0.2) is 61.0 Å². The van der Waals surface area contributed by atoms with Gasteiger partial charge in [0.1, 0.15) is 0 Å². The van der Waals surface area contributed by atoms with Crippen molar-refractivity contribution in [2.24, 2.45) is 11.3 Å². The Labute approximate surface area is 223 Å². The number of alkyl halides is 3. The third-order valence-electron chi connectivity index (χ3n) is 9.96. The van der Waals surface area contributed by atoms with Crippen molar-refractivity contribution < 1.29 is 18.0 Å². The van der Waals surface area contributed by atoms with E-state index in [2.05, 4.69) is 35.2 Å².